The lowest BCUT2D eigenvalue weighted by atomic mass is 10.2. The van der Waals surface area contributed by atoms with Crippen LogP contribution in [0.2, 0.25) is 0 Å². The van der Waals surface area contributed by atoms with Crippen molar-refractivity contribution in [3.05, 3.63) is 81.3 Å². The lowest BCUT2D eigenvalue weighted by Crippen LogP contribution is -2.22. The van der Waals surface area contributed by atoms with Crippen molar-refractivity contribution in [2.75, 3.05) is 6.26 Å². The van der Waals surface area contributed by atoms with Gasteiger partial charge in [-0.05, 0) is 54.8 Å². The summed E-state index contributed by atoms with van der Waals surface area (Å²) in [6.07, 6.45) is 7.51. The van der Waals surface area contributed by atoms with Gasteiger partial charge in [0.1, 0.15) is 10.8 Å². The van der Waals surface area contributed by atoms with E-state index in [9.17, 15) is 4.79 Å². The molecule has 0 unspecified atom stereocenters. The maximum Gasteiger partial charge on any atom is 0.266 e. The van der Waals surface area contributed by atoms with Crippen LogP contribution in [0, 0.1) is 0 Å². The van der Waals surface area contributed by atoms with Gasteiger partial charge in [-0.15, -0.1) is 23.1 Å². The summed E-state index contributed by atoms with van der Waals surface area (Å²) in [6, 6.07) is 15.3. The van der Waals surface area contributed by atoms with Crippen molar-refractivity contribution in [3.63, 3.8) is 0 Å². The molecule has 0 bridgehead atoms. The molecule has 0 spiro atoms. The Morgan fingerprint density at radius 3 is 2.62 bits per heavy atom. The zero-order valence-electron chi connectivity index (χ0n) is 14.0. The number of thiazole rings is 1. The Hall–Kier alpha value is -2.70. The minimum absolute atomic E-state index is 0.0775. The van der Waals surface area contributed by atoms with Crippen LogP contribution in [-0.2, 0) is 0 Å². The predicted molar refractivity (Wildman–Crippen MR) is 110 cm³/mol. The number of fused-ring (bicyclic) bond motifs is 1. The highest BCUT2D eigenvalue weighted by Crippen LogP contribution is 2.19. The standard InChI is InChI=1S/C20H15N3OS2/c1-25-15-8-6-14(7-9-15)23-18(10-11-19-21-12-13-26-19)22-17-5-3-2-4-16(17)20(23)24/h2-13H,1H3/b11-10+. The fourth-order valence-corrected chi connectivity index (χ4v) is 3.64. The van der Waals surface area contributed by atoms with Gasteiger partial charge in [-0.25, -0.2) is 9.97 Å². The molecule has 0 saturated heterocycles. The molecule has 2 aromatic heterocycles. The molecule has 4 rings (SSSR count). The third kappa shape index (κ3) is 3.21. The normalized spacial score (nSPS) is 11.4. The van der Waals surface area contributed by atoms with Crippen LogP contribution >= 0.6 is 23.1 Å². The van der Waals surface area contributed by atoms with Gasteiger partial charge in [0.05, 0.1) is 16.6 Å². The second-order valence-corrected chi connectivity index (χ2v) is 7.34. The molecule has 0 saturated carbocycles. The van der Waals surface area contributed by atoms with Crippen molar-refractivity contribution in [1.82, 2.24) is 14.5 Å². The SMILES string of the molecule is CSc1ccc(-n2c(/C=C/c3nccs3)nc3ccccc3c2=O)cc1. The van der Waals surface area contributed by atoms with Crippen LogP contribution in [0.1, 0.15) is 10.8 Å². The largest absolute Gasteiger partial charge is 0.268 e. The minimum Gasteiger partial charge on any atom is -0.268 e. The highest BCUT2D eigenvalue weighted by Gasteiger charge is 2.11. The number of hydrogen-bond acceptors (Lipinski definition) is 5. The Kier molecular flexibility index (Phi) is 4.69. The number of nitrogens with zero attached hydrogens (tertiary/aromatic N) is 3. The van der Waals surface area contributed by atoms with E-state index in [1.165, 1.54) is 0 Å². The summed E-state index contributed by atoms with van der Waals surface area (Å²) in [5, 5.41) is 3.39. The molecule has 4 aromatic rings. The third-order valence-corrected chi connectivity index (χ3v) is 5.44. The molecular formula is C20H15N3OS2. The number of para-hydroxylation sites is 1. The molecule has 2 aromatic carbocycles. The van der Waals surface area contributed by atoms with Gasteiger partial charge in [-0.1, -0.05) is 12.1 Å². The number of benzene rings is 2. The Labute approximate surface area is 158 Å². The molecule has 0 atom stereocenters. The number of hydrogen-bond donors (Lipinski definition) is 0. The second kappa shape index (κ2) is 7.27. The Bertz CT molecular complexity index is 1130. The Morgan fingerprint density at radius 1 is 1.08 bits per heavy atom. The lowest BCUT2D eigenvalue weighted by molar-refractivity contribution is 0.942. The van der Waals surface area contributed by atoms with Crippen molar-refractivity contribution in [3.8, 4) is 5.69 Å². The van der Waals surface area contributed by atoms with Gasteiger partial charge in [0.15, 0.2) is 0 Å². The van der Waals surface area contributed by atoms with Gasteiger partial charge in [-0.3, -0.25) is 9.36 Å². The number of thioether (sulfide) groups is 1. The van der Waals surface area contributed by atoms with Crippen molar-refractivity contribution < 1.29 is 0 Å². The molecule has 6 heteroatoms. The summed E-state index contributed by atoms with van der Waals surface area (Å²) in [5.41, 5.74) is 1.41. The van der Waals surface area contributed by atoms with Crippen molar-refractivity contribution >= 4 is 46.2 Å². The van der Waals surface area contributed by atoms with E-state index in [2.05, 4.69) is 4.98 Å². The molecule has 0 aliphatic rings. The quantitative estimate of drug-likeness (QED) is 0.482. The van der Waals surface area contributed by atoms with Crippen LogP contribution in [0.3, 0.4) is 0 Å². The molecule has 0 fully saturated rings. The average Bonchev–Trinajstić information content (AvgIpc) is 3.20. The van der Waals surface area contributed by atoms with Gasteiger partial charge < -0.3 is 0 Å². The molecule has 0 N–H and O–H groups in total. The summed E-state index contributed by atoms with van der Waals surface area (Å²) in [7, 11) is 0. The summed E-state index contributed by atoms with van der Waals surface area (Å²) in [6.45, 7) is 0. The lowest BCUT2D eigenvalue weighted by Gasteiger charge is -2.11. The molecule has 128 valence electrons. The van der Waals surface area contributed by atoms with Crippen LogP contribution in [-0.4, -0.2) is 20.8 Å². The van der Waals surface area contributed by atoms with Crippen molar-refractivity contribution in [1.29, 1.82) is 0 Å². The van der Waals surface area contributed by atoms with Crippen molar-refractivity contribution in [2.45, 2.75) is 4.90 Å². The first-order valence-corrected chi connectivity index (χ1v) is 10.1. The van der Waals surface area contributed by atoms with Gasteiger partial charge in [0.2, 0.25) is 0 Å². The molecule has 0 amide bonds. The number of aromatic nitrogens is 3. The van der Waals surface area contributed by atoms with E-state index in [0.717, 1.165) is 15.6 Å². The van der Waals surface area contributed by atoms with E-state index >= 15 is 0 Å². The van der Waals surface area contributed by atoms with E-state index in [1.807, 2.05) is 72.3 Å². The predicted octanol–water partition coefficient (Wildman–Crippen LogP) is 4.73. The van der Waals surface area contributed by atoms with Crippen LogP contribution in [0.25, 0.3) is 28.7 Å². The molecular weight excluding hydrogens is 362 g/mol. The molecule has 2 heterocycles. The Morgan fingerprint density at radius 2 is 1.88 bits per heavy atom. The van der Waals surface area contributed by atoms with Crippen LogP contribution in [0.15, 0.2) is 69.8 Å². The van der Waals surface area contributed by atoms with Gasteiger partial charge in [0.25, 0.3) is 5.56 Å². The second-order valence-electron chi connectivity index (χ2n) is 5.53. The third-order valence-electron chi connectivity index (χ3n) is 3.96. The van der Waals surface area contributed by atoms with E-state index in [0.29, 0.717) is 16.7 Å². The van der Waals surface area contributed by atoms with Gasteiger partial charge in [-0.2, -0.15) is 0 Å². The van der Waals surface area contributed by atoms with E-state index in [-0.39, 0.29) is 5.56 Å². The highest BCUT2D eigenvalue weighted by atomic mass is 32.2. The molecule has 0 radical (unpaired) electrons. The minimum atomic E-state index is -0.0775. The molecule has 0 aliphatic carbocycles. The van der Waals surface area contributed by atoms with Crippen molar-refractivity contribution in [2.24, 2.45) is 0 Å². The fraction of sp³-hybridized carbons (Fsp3) is 0.0500. The highest BCUT2D eigenvalue weighted by molar-refractivity contribution is 7.98. The summed E-state index contributed by atoms with van der Waals surface area (Å²) in [5.74, 6) is 0.584. The van der Waals surface area contributed by atoms with E-state index < -0.39 is 0 Å². The summed E-state index contributed by atoms with van der Waals surface area (Å²) < 4.78 is 1.65. The fourth-order valence-electron chi connectivity index (χ4n) is 2.71. The first kappa shape index (κ1) is 16.8. The van der Waals surface area contributed by atoms with Gasteiger partial charge in [0, 0.05) is 16.5 Å². The van der Waals surface area contributed by atoms with E-state index in [4.69, 9.17) is 4.98 Å². The molecule has 4 nitrogen and oxygen atoms in total. The van der Waals surface area contributed by atoms with E-state index in [1.54, 1.807) is 33.9 Å². The zero-order chi connectivity index (χ0) is 17.9. The van der Waals surface area contributed by atoms with Gasteiger partial charge >= 0.3 is 0 Å². The molecule has 26 heavy (non-hydrogen) atoms. The smallest absolute Gasteiger partial charge is 0.266 e. The maximum atomic E-state index is 13.1. The number of rotatable bonds is 4. The van der Waals surface area contributed by atoms with Crippen LogP contribution in [0.4, 0.5) is 0 Å². The summed E-state index contributed by atoms with van der Waals surface area (Å²) >= 11 is 3.21. The zero-order valence-corrected chi connectivity index (χ0v) is 15.6. The van der Waals surface area contributed by atoms with Crippen LogP contribution in [0.5, 0.6) is 0 Å². The first-order valence-electron chi connectivity index (χ1n) is 8.00. The average molecular weight is 377 g/mol. The monoisotopic (exact) mass is 377 g/mol. The topological polar surface area (TPSA) is 47.8 Å². The Balaban J connectivity index is 1.94. The molecule has 0 aliphatic heterocycles. The maximum absolute atomic E-state index is 13.1. The summed E-state index contributed by atoms with van der Waals surface area (Å²) in [4.78, 5) is 23.2. The van der Waals surface area contributed by atoms with Crippen LogP contribution < -0.4 is 5.56 Å². The first-order chi connectivity index (χ1) is 12.8.